The smallest absolute Gasteiger partial charge is 0.124 e. The highest BCUT2D eigenvalue weighted by Crippen LogP contribution is 2.35. The molecule has 0 amide bonds. The van der Waals surface area contributed by atoms with Crippen LogP contribution in [-0.2, 0) is 12.8 Å². The molecule has 0 radical (unpaired) electrons. The molecule has 0 spiro atoms. The van der Waals surface area contributed by atoms with E-state index in [-0.39, 0.29) is 0 Å². The van der Waals surface area contributed by atoms with Crippen LogP contribution in [0, 0.1) is 0 Å². The molecule has 1 atom stereocenters. The number of benzene rings is 2. The molecule has 2 aromatic carbocycles. The maximum Gasteiger partial charge on any atom is 0.124 e. The van der Waals surface area contributed by atoms with Gasteiger partial charge in [0, 0.05) is 28.5 Å². The standard InChI is InChI=1S/C18H18BrNO/c19-14-5-6-18-16(11-14)17(7-8-21-18)20-15-9-12-3-1-2-4-13(12)10-15/h1-6,11,15,17,20H,7-10H2. The summed E-state index contributed by atoms with van der Waals surface area (Å²) in [5.74, 6) is 1.03. The molecule has 0 fully saturated rings. The molecule has 0 saturated heterocycles. The third-order valence-corrected chi connectivity index (χ3v) is 4.99. The Morgan fingerprint density at radius 1 is 1.05 bits per heavy atom. The van der Waals surface area contributed by atoms with Gasteiger partial charge < -0.3 is 10.1 Å². The van der Waals surface area contributed by atoms with E-state index < -0.39 is 0 Å². The van der Waals surface area contributed by atoms with E-state index in [1.165, 1.54) is 16.7 Å². The average Bonchev–Trinajstić information content (AvgIpc) is 2.90. The normalized spacial score (nSPS) is 20.7. The molecule has 0 bridgehead atoms. The molecule has 1 aliphatic carbocycles. The summed E-state index contributed by atoms with van der Waals surface area (Å²) >= 11 is 3.57. The number of halogens is 1. The molecule has 2 aromatic rings. The fourth-order valence-corrected chi connectivity index (χ4v) is 3.88. The van der Waals surface area contributed by atoms with E-state index >= 15 is 0 Å². The number of fused-ring (bicyclic) bond motifs is 2. The van der Waals surface area contributed by atoms with Crippen molar-refractivity contribution in [2.75, 3.05) is 6.61 Å². The predicted octanol–water partition coefficient (Wildman–Crippen LogP) is 4.03. The Balaban J connectivity index is 1.54. The number of ether oxygens (including phenoxy) is 1. The van der Waals surface area contributed by atoms with Crippen molar-refractivity contribution in [2.24, 2.45) is 0 Å². The molecule has 1 aliphatic heterocycles. The lowest BCUT2D eigenvalue weighted by atomic mass is 9.99. The van der Waals surface area contributed by atoms with Gasteiger partial charge >= 0.3 is 0 Å². The van der Waals surface area contributed by atoms with Crippen LogP contribution >= 0.6 is 15.9 Å². The van der Waals surface area contributed by atoms with Crippen LogP contribution in [-0.4, -0.2) is 12.6 Å². The van der Waals surface area contributed by atoms with Crippen LogP contribution in [0.2, 0.25) is 0 Å². The first-order valence-corrected chi connectivity index (χ1v) is 8.34. The first kappa shape index (κ1) is 13.4. The number of rotatable bonds is 2. The lowest BCUT2D eigenvalue weighted by Gasteiger charge is -2.29. The molecule has 4 rings (SSSR count). The van der Waals surface area contributed by atoms with Gasteiger partial charge in [-0.15, -0.1) is 0 Å². The van der Waals surface area contributed by atoms with Gasteiger partial charge in [-0.1, -0.05) is 40.2 Å². The van der Waals surface area contributed by atoms with E-state index in [1.54, 1.807) is 0 Å². The SMILES string of the molecule is Brc1ccc2c(c1)C(NC1Cc3ccccc3C1)CCO2. The van der Waals surface area contributed by atoms with Crippen molar-refractivity contribution in [2.45, 2.75) is 31.3 Å². The maximum absolute atomic E-state index is 5.77. The topological polar surface area (TPSA) is 21.3 Å². The van der Waals surface area contributed by atoms with Gasteiger partial charge in [0.15, 0.2) is 0 Å². The Hall–Kier alpha value is -1.32. The van der Waals surface area contributed by atoms with Crippen molar-refractivity contribution in [1.29, 1.82) is 0 Å². The van der Waals surface area contributed by atoms with E-state index in [2.05, 4.69) is 57.6 Å². The average molecular weight is 344 g/mol. The van der Waals surface area contributed by atoms with Gasteiger partial charge in [-0.3, -0.25) is 0 Å². The number of hydrogen-bond acceptors (Lipinski definition) is 2. The lowest BCUT2D eigenvalue weighted by Crippen LogP contribution is -2.36. The monoisotopic (exact) mass is 343 g/mol. The summed E-state index contributed by atoms with van der Waals surface area (Å²) < 4.78 is 6.89. The molecular formula is C18H18BrNO. The second-order valence-corrected chi connectivity index (χ2v) is 6.83. The van der Waals surface area contributed by atoms with Gasteiger partial charge in [0.1, 0.15) is 5.75 Å². The van der Waals surface area contributed by atoms with Crippen molar-refractivity contribution >= 4 is 15.9 Å². The molecule has 108 valence electrons. The Morgan fingerprint density at radius 2 is 1.81 bits per heavy atom. The summed E-state index contributed by atoms with van der Waals surface area (Å²) in [6, 6.07) is 16.0. The van der Waals surface area contributed by atoms with Crippen LogP contribution < -0.4 is 10.1 Å². The Kier molecular flexibility index (Phi) is 3.48. The van der Waals surface area contributed by atoms with Crippen molar-refractivity contribution in [3.05, 3.63) is 63.6 Å². The third-order valence-electron chi connectivity index (χ3n) is 4.50. The molecule has 2 aliphatic rings. The summed E-state index contributed by atoms with van der Waals surface area (Å²) in [6.45, 7) is 0.798. The second-order valence-electron chi connectivity index (χ2n) is 5.91. The van der Waals surface area contributed by atoms with Gasteiger partial charge in [-0.05, 0) is 42.2 Å². The van der Waals surface area contributed by atoms with E-state index in [0.29, 0.717) is 12.1 Å². The van der Waals surface area contributed by atoms with Crippen LogP contribution in [0.1, 0.15) is 29.2 Å². The minimum Gasteiger partial charge on any atom is -0.493 e. The van der Waals surface area contributed by atoms with Gasteiger partial charge in [-0.2, -0.15) is 0 Å². The molecular weight excluding hydrogens is 326 g/mol. The number of nitrogens with one attached hydrogen (secondary N) is 1. The van der Waals surface area contributed by atoms with E-state index in [4.69, 9.17) is 4.74 Å². The molecule has 21 heavy (non-hydrogen) atoms. The second kappa shape index (κ2) is 5.47. The molecule has 2 nitrogen and oxygen atoms in total. The highest BCUT2D eigenvalue weighted by atomic mass is 79.9. The molecule has 0 aromatic heterocycles. The Labute approximate surface area is 133 Å². The lowest BCUT2D eigenvalue weighted by molar-refractivity contribution is 0.244. The molecule has 0 saturated carbocycles. The summed E-state index contributed by atoms with van der Waals surface area (Å²) in [5, 5.41) is 3.85. The minimum absolute atomic E-state index is 0.394. The van der Waals surface area contributed by atoms with Crippen molar-refractivity contribution in [3.63, 3.8) is 0 Å². The molecule has 1 N–H and O–H groups in total. The molecule has 1 unspecified atom stereocenters. The quantitative estimate of drug-likeness (QED) is 0.888. The minimum atomic E-state index is 0.394. The summed E-state index contributed by atoms with van der Waals surface area (Å²) in [5.41, 5.74) is 4.28. The first-order chi connectivity index (χ1) is 10.3. The number of hydrogen-bond donors (Lipinski definition) is 1. The predicted molar refractivity (Wildman–Crippen MR) is 87.8 cm³/mol. The van der Waals surface area contributed by atoms with Gasteiger partial charge in [0.05, 0.1) is 6.61 Å². The van der Waals surface area contributed by atoms with E-state index in [1.807, 2.05) is 6.07 Å². The zero-order chi connectivity index (χ0) is 14.2. The molecule has 1 heterocycles. The van der Waals surface area contributed by atoms with Crippen molar-refractivity contribution < 1.29 is 4.74 Å². The van der Waals surface area contributed by atoms with Crippen LogP contribution in [0.4, 0.5) is 0 Å². The van der Waals surface area contributed by atoms with E-state index in [0.717, 1.165) is 36.1 Å². The zero-order valence-corrected chi connectivity index (χ0v) is 13.4. The van der Waals surface area contributed by atoms with Crippen LogP contribution in [0.3, 0.4) is 0 Å². The van der Waals surface area contributed by atoms with Gasteiger partial charge in [0.2, 0.25) is 0 Å². The fraction of sp³-hybridized carbons (Fsp3) is 0.333. The van der Waals surface area contributed by atoms with Gasteiger partial charge in [-0.25, -0.2) is 0 Å². The van der Waals surface area contributed by atoms with Crippen LogP contribution in [0.15, 0.2) is 46.9 Å². The largest absolute Gasteiger partial charge is 0.493 e. The summed E-state index contributed by atoms with van der Waals surface area (Å²) in [4.78, 5) is 0. The molecule has 3 heteroatoms. The zero-order valence-electron chi connectivity index (χ0n) is 11.8. The first-order valence-electron chi connectivity index (χ1n) is 7.55. The van der Waals surface area contributed by atoms with Crippen LogP contribution in [0.5, 0.6) is 5.75 Å². The fourth-order valence-electron chi connectivity index (χ4n) is 3.50. The van der Waals surface area contributed by atoms with Crippen molar-refractivity contribution in [3.8, 4) is 5.75 Å². The Bertz CT molecular complexity index is 645. The highest BCUT2D eigenvalue weighted by Gasteiger charge is 2.27. The summed E-state index contributed by atoms with van der Waals surface area (Å²) in [6.07, 6.45) is 3.31. The van der Waals surface area contributed by atoms with Crippen molar-refractivity contribution in [1.82, 2.24) is 5.32 Å². The summed E-state index contributed by atoms with van der Waals surface area (Å²) in [7, 11) is 0. The van der Waals surface area contributed by atoms with Crippen LogP contribution in [0.25, 0.3) is 0 Å². The maximum atomic E-state index is 5.77. The highest BCUT2D eigenvalue weighted by molar-refractivity contribution is 9.10. The van der Waals surface area contributed by atoms with Gasteiger partial charge in [0.25, 0.3) is 0 Å². The third kappa shape index (κ3) is 2.60. The Morgan fingerprint density at radius 3 is 2.57 bits per heavy atom. The van der Waals surface area contributed by atoms with E-state index in [9.17, 15) is 0 Å².